The van der Waals surface area contributed by atoms with Crippen molar-refractivity contribution in [3.05, 3.63) is 24.0 Å². The molecule has 2 rings (SSSR count). The number of hydrogen-bond donors (Lipinski definition) is 0. The largest absolute Gasteiger partial charge is 0.513 e. The van der Waals surface area contributed by atoms with Crippen LogP contribution in [0.4, 0.5) is 17.3 Å². The predicted molar refractivity (Wildman–Crippen MR) is 59.6 cm³/mol. The highest BCUT2D eigenvalue weighted by Gasteiger charge is 2.30. The molecule has 100 valence electrons. The quantitative estimate of drug-likeness (QED) is 0.613. The van der Waals surface area contributed by atoms with E-state index in [4.69, 9.17) is 9.47 Å². The monoisotopic (exact) mass is 263 g/mol. The number of hydrogen-bond acceptors (Lipinski definition) is 2. The van der Waals surface area contributed by atoms with Gasteiger partial charge in [0.15, 0.2) is 0 Å². The molecule has 0 saturated carbocycles. The molecule has 0 amide bonds. The third-order valence-electron chi connectivity index (χ3n) is 2.78. The van der Waals surface area contributed by atoms with Crippen LogP contribution in [0, 0.1) is 5.82 Å². The first-order chi connectivity index (χ1) is 8.47. The average molecular weight is 263 g/mol. The normalized spacial score (nSPS) is 20.1. The number of ether oxygens (including phenoxy) is 2. The van der Waals surface area contributed by atoms with Crippen molar-refractivity contribution < 1.29 is 26.8 Å². The van der Waals surface area contributed by atoms with Gasteiger partial charge in [0.1, 0.15) is 12.4 Å². The lowest BCUT2D eigenvalue weighted by Gasteiger charge is -2.21. The van der Waals surface area contributed by atoms with Crippen molar-refractivity contribution in [1.29, 1.82) is 0 Å². The molecule has 1 heterocycles. The van der Waals surface area contributed by atoms with Crippen molar-refractivity contribution in [1.82, 2.24) is 0 Å². The van der Waals surface area contributed by atoms with Crippen molar-refractivity contribution in [2.24, 2.45) is 0 Å². The van der Waals surface area contributed by atoms with Crippen LogP contribution in [0.15, 0.2) is 18.2 Å². The Morgan fingerprint density at radius 2 is 2.11 bits per heavy atom. The molecule has 18 heavy (non-hydrogen) atoms. The molecule has 1 saturated heterocycles. The van der Waals surface area contributed by atoms with Crippen molar-refractivity contribution >= 4 is 12.4 Å². The molecule has 1 aliphatic heterocycles. The Labute approximate surface area is 102 Å². The van der Waals surface area contributed by atoms with Gasteiger partial charge in [-0.15, -0.1) is 0 Å². The molecule has 1 atom stereocenters. The maximum Gasteiger partial charge on any atom is 0.513 e. The smallest absolute Gasteiger partial charge is 0.494 e. The molecule has 0 aliphatic carbocycles. The molecule has 0 radical (unpaired) electrons. The Kier molecular flexibility index (Phi) is 3.80. The van der Waals surface area contributed by atoms with Crippen LogP contribution < -0.4 is 10.2 Å². The van der Waals surface area contributed by atoms with Gasteiger partial charge in [-0.2, -0.15) is 0 Å². The third kappa shape index (κ3) is 3.16. The molecular weight excluding hydrogens is 251 g/mol. The highest BCUT2D eigenvalue weighted by Crippen LogP contribution is 2.20. The number of halogens is 4. The minimum atomic E-state index is -5.21. The molecule has 0 spiro atoms. The molecule has 1 unspecified atom stereocenters. The fourth-order valence-electron chi connectivity index (χ4n) is 1.86. The summed E-state index contributed by atoms with van der Waals surface area (Å²) in [5.41, 5.74) is -0.908. The van der Waals surface area contributed by atoms with E-state index in [1.807, 2.05) is 0 Å². The summed E-state index contributed by atoms with van der Waals surface area (Å²) in [5, 5.41) is 0. The number of rotatable bonds is 4. The van der Waals surface area contributed by atoms with Crippen LogP contribution in [0.1, 0.15) is 12.8 Å². The highest BCUT2D eigenvalue weighted by molar-refractivity contribution is 6.74. The summed E-state index contributed by atoms with van der Waals surface area (Å²) in [7, 11) is 0. The van der Waals surface area contributed by atoms with Gasteiger partial charge >= 0.3 is 6.98 Å². The predicted octanol–water partition coefficient (Wildman–Crippen LogP) is 2.44. The lowest BCUT2D eigenvalue weighted by atomic mass is 9.79. The average Bonchev–Trinajstić information content (AvgIpc) is 2.77. The van der Waals surface area contributed by atoms with Crippen LogP contribution >= 0.6 is 0 Å². The van der Waals surface area contributed by atoms with E-state index in [1.165, 1.54) is 0 Å². The van der Waals surface area contributed by atoms with Crippen molar-refractivity contribution in [2.45, 2.75) is 18.9 Å². The molecule has 2 nitrogen and oxygen atoms in total. The van der Waals surface area contributed by atoms with E-state index in [2.05, 4.69) is 0 Å². The van der Waals surface area contributed by atoms with E-state index in [-0.39, 0.29) is 12.7 Å². The molecule has 1 aliphatic rings. The Balaban J connectivity index is 2.12. The minimum absolute atomic E-state index is 0.0165. The highest BCUT2D eigenvalue weighted by atomic mass is 19.4. The van der Waals surface area contributed by atoms with E-state index < -0.39 is 24.0 Å². The first-order valence-corrected chi connectivity index (χ1v) is 5.70. The van der Waals surface area contributed by atoms with Crippen LogP contribution in [0.3, 0.4) is 0 Å². The molecule has 0 aromatic heterocycles. The van der Waals surface area contributed by atoms with Gasteiger partial charge in [-0.3, -0.25) is 0 Å². The second-order valence-corrected chi connectivity index (χ2v) is 4.20. The molecule has 1 fully saturated rings. The summed E-state index contributed by atoms with van der Waals surface area (Å²) in [6, 6.07) is 2.25. The fraction of sp³-hybridized carbons (Fsp3) is 0.455. The summed E-state index contributed by atoms with van der Waals surface area (Å²) in [6.07, 6.45) is 1.41. The summed E-state index contributed by atoms with van der Waals surface area (Å²) in [4.78, 5) is 0. The van der Waals surface area contributed by atoms with Gasteiger partial charge in [0, 0.05) is 12.7 Å². The zero-order valence-corrected chi connectivity index (χ0v) is 9.54. The molecular formula is C11H12BF4O2-. The standard InChI is InChI=1S/C11H12BF4O2/c13-8-3-4-10(12(14,15)16)11(6-8)18-7-9-2-1-5-17-9/h3-4,6,9H,1-2,5,7H2/q-1. The first-order valence-electron chi connectivity index (χ1n) is 5.70. The van der Waals surface area contributed by atoms with Crippen molar-refractivity contribution in [2.75, 3.05) is 13.2 Å². The van der Waals surface area contributed by atoms with Crippen molar-refractivity contribution in [3.8, 4) is 5.75 Å². The molecule has 0 N–H and O–H groups in total. The van der Waals surface area contributed by atoms with Crippen molar-refractivity contribution in [3.63, 3.8) is 0 Å². The first kappa shape index (κ1) is 13.2. The Hall–Kier alpha value is -1.24. The van der Waals surface area contributed by atoms with Crippen LogP contribution in [0.2, 0.25) is 0 Å². The van der Waals surface area contributed by atoms with Gasteiger partial charge in [-0.05, 0) is 18.9 Å². The van der Waals surface area contributed by atoms with Crippen LogP contribution in [-0.4, -0.2) is 26.3 Å². The topological polar surface area (TPSA) is 18.5 Å². The van der Waals surface area contributed by atoms with Gasteiger partial charge in [-0.1, -0.05) is 11.5 Å². The van der Waals surface area contributed by atoms with Crippen LogP contribution in [-0.2, 0) is 4.74 Å². The van der Waals surface area contributed by atoms with E-state index >= 15 is 0 Å². The van der Waals surface area contributed by atoms with Crippen LogP contribution in [0.25, 0.3) is 0 Å². The third-order valence-corrected chi connectivity index (χ3v) is 2.78. The maximum absolute atomic E-state index is 13.0. The Morgan fingerprint density at radius 1 is 1.33 bits per heavy atom. The lowest BCUT2D eigenvalue weighted by Crippen LogP contribution is -2.36. The SMILES string of the molecule is Fc1ccc([B-](F)(F)F)c(OCC2CCCO2)c1. The van der Waals surface area contributed by atoms with Gasteiger partial charge < -0.3 is 22.4 Å². The molecule has 1 aromatic rings. The number of benzene rings is 1. The Morgan fingerprint density at radius 3 is 2.72 bits per heavy atom. The maximum atomic E-state index is 13.0. The summed E-state index contributed by atoms with van der Waals surface area (Å²) < 4.78 is 61.4. The van der Waals surface area contributed by atoms with Crippen LogP contribution in [0.5, 0.6) is 5.75 Å². The van der Waals surface area contributed by atoms with E-state index in [0.29, 0.717) is 12.7 Å². The second-order valence-electron chi connectivity index (χ2n) is 4.20. The lowest BCUT2D eigenvalue weighted by molar-refractivity contribution is 0.0681. The summed E-state index contributed by atoms with van der Waals surface area (Å²) in [5.74, 6) is -1.21. The summed E-state index contributed by atoms with van der Waals surface area (Å²) >= 11 is 0. The van der Waals surface area contributed by atoms with Gasteiger partial charge in [0.05, 0.1) is 11.9 Å². The zero-order valence-electron chi connectivity index (χ0n) is 9.54. The minimum Gasteiger partial charge on any atom is -0.494 e. The summed E-state index contributed by atoms with van der Waals surface area (Å²) in [6.45, 7) is -4.60. The fourth-order valence-corrected chi connectivity index (χ4v) is 1.86. The van der Waals surface area contributed by atoms with Gasteiger partial charge in [-0.25, -0.2) is 4.39 Å². The second kappa shape index (κ2) is 5.18. The van der Waals surface area contributed by atoms with Gasteiger partial charge in [0.2, 0.25) is 0 Å². The van der Waals surface area contributed by atoms with Gasteiger partial charge in [0.25, 0.3) is 0 Å². The van der Waals surface area contributed by atoms with E-state index in [0.717, 1.165) is 25.0 Å². The molecule has 0 bridgehead atoms. The van der Waals surface area contributed by atoms with E-state index in [1.54, 1.807) is 0 Å². The van der Waals surface area contributed by atoms with E-state index in [9.17, 15) is 17.3 Å². The Bertz CT molecular complexity index is 416. The molecule has 1 aromatic carbocycles. The zero-order chi connectivity index (χ0) is 13.2. The molecule has 7 heteroatoms.